The summed E-state index contributed by atoms with van der Waals surface area (Å²) in [6.07, 6.45) is 3.64. The van der Waals surface area contributed by atoms with Gasteiger partial charge in [-0.25, -0.2) is 4.68 Å². The van der Waals surface area contributed by atoms with E-state index in [9.17, 15) is 0 Å². The second-order valence-corrected chi connectivity index (χ2v) is 3.69. The molecule has 4 nitrogen and oxygen atoms in total. The van der Waals surface area contributed by atoms with Crippen molar-refractivity contribution in [3.8, 4) is 5.69 Å². The normalized spacial score (nSPS) is 10.6. The van der Waals surface area contributed by atoms with E-state index in [1.54, 1.807) is 4.68 Å². The van der Waals surface area contributed by atoms with Crippen LogP contribution in [0.3, 0.4) is 0 Å². The molecule has 1 aromatic carbocycles. The van der Waals surface area contributed by atoms with E-state index in [0.29, 0.717) is 12.4 Å². The highest BCUT2D eigenvalue weighted by atomic mass is 15.3. The van der Waals surface area contributed by atoms with Crippen LogP contribution >= 0.6 is 0 Å². The molecule has 0 atom stereocenters. The third-order valence-corrected chi connectivity index (χ3v) is 2.54. The summed E-state index contributed by atoms with van der Waals surface area (Å²) in [6, 6.07) is 9.87. The number of anilines is 1. The van der Waals surface area contributed by atoms with Crippen LogP contribution < -0.4 is 11.5 Å². The average Bonchev–Trinajstić information content (AvgIpc) is 2.69. The number of nitrogen functional groups attached to an aromatic ring is 1. The monoisotopic (exact) mass is 216 g/mol. The van der Waals surface area contributed by atoms with Crippen molar-refractivity contribution < 1.29 is 0 Å². The first-order valence-electron chi connectivity index (χ1n) is 5.41. The molecule has 0 saturated heterocycles. The van der Waals surface area contributed by atoms with E-state index in [-0.39, 0.29) is 0 Å². The number of nitrogens with two attached hydrogens (primary N) is 2. The Morgan fingerprint density at radius 1 is 1.19 bits per heavy atom. The molecule has 84 valence electrons. The first kappa shape index (κ1) is 10.7. The predicted molar refractivity (Wildman–Crippen MR) is 65.4 cm³/mol. The minimum atomic E-state index is 0.677. The van der Waals surface area contributed by atoms with E-state index < -0.39 is 0 Å². The van der Waals surface area contributed by atoms with Crippen molar-refractivity contribution in [1.29, 1.82) is 0 Å². The van der Waals surface area contributed by atoms with E-state index in [1.807, 2.05) is 36.5 Å². The molecule has 0 aliphatic carbocycles. The molecule has 0 aliphatic heterocycles. The minimum absolute atomic E-state index is 0.677. The number of aromatic nitrogens is 2. The summed E-state index contributed by atoms with van der Waals surface area (Å²) in [7, 11) is 0. The molecular weight excluding hydrogens is 200 g/mol. The van der Waals surface area contributed by atoms with Crippen LogP contribution in [0.4, 0.5) is 5.82 Å². The summed E-state index contributed by atoms with van der Waals surface area (Å²) in [5.41, 5.74) is 13.6. The Morgan fingerprint density at radius 3 is 2.62 bits per heavy atom. The van der Waals surface area contributed by atoms with Gasteiger partial charge in [-0.05, 0) is 31.5 Å². The summed E-state index contributed by atoms with van der Waals surface area (Å²) in [5.74, 6) is 0.708. The van der Waals surface area contributed by atoms with Crippen LogP contribution in [0, 0.1) is 0 Å². The molecule has 0 unspecified atom stereocenters. The molecule has 0 radical (unpaired) electrons. The lowest BCUT2D eigenvalue weighted by Crippen LogP contribution is -2.04. The molecule has 0 aliphatic rings. The lowest BCUT2D eigenvalue weighted by Gasteiger charge is -2.04. The summed E-state index contributed by atoms with van der Waals surface area (Å²) in [4.78, 5) is 0. The van der Waals surface area contributed by atoms with E-state index in [0.717, 1.165) is 24.1 Å². The van der Waals surface area contributed by atoms with Crippen LogP contribution in [0.2, 0.25) is 0 Å². The van der Waals surface area contributed by atoms with Gasteiger partial charge >= 0.3 is 0 Å². The van der Waals surface area contributed by atoms with Gasteiger partial charge in [0.25, 0.3) is 0 Å². The van der Waals surface area contributed by atoms with Gasteiger partial charge in [-0.1, -0.05) is 18.2 Å². The van der Waals surface area contributed by atoms with Crippen molar-refractivity contribution in [2.24, 2.45) is 5.73 Å². The number of aryl methyl sites for hydroxylation is 1. The Kier molecular flexibility index (Phi) is 3.22. The molecule has 4 heteroatoms. The van der Waals surface area contributed by atoms with Crippen LogP contribution in [0.25, 0.3) is 5.69 Å². The largest absolute Gasteiger partial charge is 0.383 e. The Balaban J connectivity index is 2.27. The van der Waals surface area contributed by atoms with Crippen LogP contribution in [0.5, 0.6) is 0 Å². The fraction of sp³-hybridized carbons (Fsp3) is 0.250. The third-order valence-electron chi connectivity index (χ3n) is 2.54. The highest BCUT2D eigenvalue weighted by Crippen LogP contribution is 2.17. The van der Waals surface area contributed by atoms with Crippen LogP contribution in [-0.2, 0) is 6.42 Å². The summed E-state index contributed by atoms with van der Waals surface area (Å²) in [5, 5.41) is 4.29. The zero-order valence-electron chi connectivity index (χ0n) is 9.13. The smallest absolute Gasteiger partial charge is 0.130 e. The zero-order valence-corrected chi connectivity index (χ0v) is 9.13. The van der Waals surface area contributed by atoms with Crippen LogP contribution in [0.1, 0.15) is 12.0 Å². The number of benzene rings is 1. The van der Waals surface area contributed by atoms with Gasteiger partial charge in [0.2, 0.25) is 0 Å². The third kappa shape index (κ3) is 2.06. The summed E-state index contributed by atoms with van der Waals surface area (Å²) in [6.45, 7) is 0.677. The quantitative estimate of drug-likeness (QED) is 0.810. The number of hydrogen-bond donors (Lipinski definition) is 2. The molecule has 1 aromatic heterocycles. The molecule has 1 heterocycles. The summed E-state index contributed by atoms with van der Waals surface area (Å²) >= 11 is 0. The van der Waals surface area contributed by atoms with Crippen molar-refractivity contribution in [1.82, 2.24) is 9.78 Å². The van der Waals surface area contributed by atoms with Crippen molar-refractivity contribution in [2.75, 3.05) is 12.3 Å². The van der Waals surface area contributed by atoms with Gasteiger partial charge in [-0.3, -0.25) is 0 Å². The van der Waals surface area contributed by atoms with E-state index >= 15 is 0 Å². The lowest BCUT2D eigenvalue weighted by molar-refractivity contribution is 0.834. The molecule has 0 bridgehead atoms. The minimum Gasteiger partial charge on any atom is -0.383 e. The number of nitrogens with zero attached hydrogens (tertiary/aromatic N) is 2. The van der Waals surface area contributed by atoms with Crippen LogP contribution in [-0.4, -0.2) is 16.3 Å². The molecule has 0 fully saturated rings. The van der Waals surface area contributed by atoms with Crippen molar-refractivity contribution >= 4 is 5.82 Å². The first-order chi connectivity index (χ1) is 7.83. The van der Waals surface area contributed by atoms with Gasteiger partial charge in [0.15, 0.2) is 0 Å². The number of rotatable bonds is 4. The molecule has 2 rings (SSSR count). The zero-order chi connectivity index (χ0) is 11.4. The predicted octanol–water partition coefficient (Wildman–Crippen LogP) is 1.35. The topological polar surface area (TPSA) is 69.9 Å². The maximum absolute atomic E-state index is 6.04. The Labute approximate surface area is 94.9 Å². The van der Waals surface area contributed by atoms with Gasteiger partial charge in [-0.2, -0.15) is 5.10 Å². The molecule has 4 N–H and O–H groups in total. The highest BCUT2D eigenvalue weighted by molar-refractivity contribution is 5.46. The maximum Gasteiger partial charge on any atom is 0.130 e. The average molecular weight is 216 g/mol. The Hall–Kier alpha value is -1.81. The maximum atomic E-state index is 6.04. The molecular formula is C12H16N4. The molecule has 16 heavy (non-hydrogen) atoms. The van der Waals surface area contributed by atoms with Gasteiger partial charge in [0, 0.05) is 5.56 Å². The van der Waals surface area contributed by atoms with Crippen molar-refractivity contribution in [3.05, 3.63) is 42.1 Å². The van der Waals surface area contributed by atoms with Gasteiger partial charge in [0.1, 0.15) is 5.82 Å². The van der Waals surface area contributed by atoms with E-state index in [1.165, 1.54) is 0 Å². The fourth-order valence-corrected chi connectivity index (χ4v) is 1.65. The standard InChI is InChI=1S/C12H16N4/c13-8-4-5-10-9-15-16(12(10)14)11-6-2-1-3-7-11/h1-3,6-7,9H,4-5,8,13-14H2. The van der Waals surface area contributed by atoms with Crippen molar-refractivity contribution in [2.45, 2.75) is 12.8 Å². The molecule has 0 spiro atoms. The number of para-hydroxylation sites is 1. The van der Waals surface area contributed by atoms with Crippen molar-refractivity contribution in [3.63, 3.8) is 0 Å². The van der Waals surface area contributed by atoms with Gasteiger partial charge in [-0.15, -0.1) is 0 Å². The fourth-order valence-electron chi connectivity index (χ4n) is 1.65. The Morgan fingerprint density at radius 2 is 1.94 bits per heavy atom. The second-order valence-electron chi connectivity index (χ2n) is 3.69. The highest BCUT2D eigenvalue weighted by Gasteiger charge is 2.07. The molecule has 2 aromatic rings. The van der Waals surface area contributed by atoms with Crippen LogP contribution in [0.15, 0.2) is 36.5 Å². The summed E-state index contributed by atoms with van der Waals surface area (Å²) < 4.78 is 1.76. The SMILES string of the molecule is NCCCc1cnn(-c2ccccc2)c1N. The lowest BCUT2D eigenvalue weighted by atomic mass is 10.2. The van der Waals surface area contributed by atoms with Gasteiger partial charge in [0.05, 0.1) is 11.9 Å². The Bertz CT molecular complexity index is 447. The first-order valence-corrected chi connectivity index (χ1v) is 5.41. The molecule has 0 amide bonds. The van der Waals surface area contributed by atoms with E-state index in [2.05, 4.69) is 5.10 Å². The van der Waals surface area contributed by atoms with E-state index in [4.69, 9.17) is 11.5 Å². The van der Waals surface area contributed by atoms with Gasteiger partial charge < -0.3 is 11.5 Å². The number of hydrogen-bond acceptors (Lipinski definition) is 3. The molecule has 0 saturated carbocycles. The second kappa shape index (κ2) is 4.81.